The van der Waals surface area contributed by atoms with Crippen molar-refractivity contribution in [3.63, 3.8) is 0 Å². The Kier molecular flexibility index (Phi) is 7.65. The third-order valence-corrected chi connectivity index (χ3v) is 6.09. The third-order valence-electron chi connectivity index (χ3n) is 4.47. The fourth-order valence-corrected chi connectivity index (χ4v) is 3.98. The van der Waals surface area contributed by atoms with Crippen molar-refractivity contribution in [3.05, 3.63) is 88.7 Å². The Hall–Kier alpha value is -3.04. The average molecular weight is 497 g/mol. The van der Waals surface area contributed by atoms with Gasteiger partial charge in [0.2, 0.25) is 5.91 Å². The topological polar surface area (TPSA) is 58.2 Å². The fourth-order valence-electron chi connectivity index (χ4n) is 2.83. The monoisotopic (exact) mass is 496 g/mol. The van der Waals surface area contributed by atoms with Gasteiger partial charge in [0.25, 0.3) is 5.91 Å². The Labute approximate surface area is 196 Å². The van der Waals surface area contributed by atoms with Crippen molar-refractivity contribution >= 4 is 46.6 Å². The van der Waals surface area contributed by atoms with Gasteiger partial charge in [-0.05, 0) is 49.4 Å². The number of anilines is 2. The smallest absolute Gasteiger partial charge is 0.325 e. The van der Waals surface area contributed by atoms with Crippen LogP contribution in [0.4, 0.5) is 28.9 Å². The summed E-state index contributed by atoms with van der Waals surface area (Å²) in [7, 11) is 0. The minimum absolute atomic E-state index is 0.202. The van der Waals surface area contributed by atoms with Crippen molar-refractivity contribution < 1.29 is 27.2 Å². The summed E-state index contributed by atoms with van der Waals surface area (Å²) in [6.45, 7) is 1.54. The highest BCUT2D eigenvalue weighted by Crippen LogP contribution is 2.37. The molecule has 0 heterocycles. The molecule has 0 aromatic heterocycles. The Balaban J connectivity index is 1.79. The molecule has 1 unspecified atom stereocenters. The molecular weight excluding hydrogens is 480 g/mol. The van der Waals surface area contributed by atoms with Gasteiger partial charge < -0.3 is 10.6 Å². The lowest BCUT2D eigenvalue weighted by Crippen LogP contribution is -2.24. The van der Waals surface area contributed by atoms with Crippen molar-refractivity contribution in [1.82, 2.24) is 0 Å². The number of hydrogen-bond acceptors (Lipinski definition) is 3. The molecule has 0 aliphatic heterocycles. The number of benzene rings is 3. The molecule has 4 nitrogen and oxygen atoms in total. The standard InChI is InChI=1S/C23H17ClF4N2O2S/c1-13(33-20-9-5-3-7-17(20)24)21(31)30-19-11-10-14(12-16(19)23(26,27)28)29-22(32)15-6-2-4-8-18(15)25/h2-13H,1H3,(H,29,32)(H,30,31). The predicted molar refractivity (Wildman–Crippen MR) is 121 cm³/mol. The number of hydrogen-bond donors (Lipinski definition) is 2. The molecule has 1 atom stereocenters. The molecule has 33 heavy (non-hydrogen) atoms. The summed E-state index contributed by atoms with van der Waals surface area (Å²) in [6.07, 6.45) is -4.82. The first kappa shape index (κ1) is 24.6. The average Bonchev–Trinajstić information content (AvgIpc) is 2.75. The summed E-state index contributed by atoms with van der Waals surface area (Å²) in [5, 5.41) is 4.21. The molecule has 2 amide bonds. The van der Waals surface area contributed by atoms with Crippen LogP contribution in [0.25, 0.3) is 0 Å². The van der Waals surface area contributed by atoms with E-state index in [1.54, 1.807) is 31.2 Å². The zero-order valence-corrected chi connectivity index (χ0v) is 18.6. The van der Waals surface area contributed by atoms with Crippen LogP contribution in [0.5, 0.6) is 0 Å². The highest BCUT2D eigenvalue weighted by molar-refractivity contribution is 8.00. The van der Waals surface area contributed by atoms with Gasteiger partial charge in [0.1, 0.15) is 5.82 Å². The molecule has 10 heteroatoms. The molecule has 3 rings (SSSR count). The second-order valence-corrected chi connectivity index (χ2v) is 8.66. The van der Waals surface area contributed by atoms with E-state index in [0.717, 1.165) is 23.9 Å². The SMILES string of the molecule is CC(Sc1ccccc1Cl)C(=O)Nc1ccc(NC(=O)c2ccccc2F)cc1C(F)(F)F. The van der Waals surface area contributed by atoms with Gasteiger partial charge in [-0.25, -0.2) is 4.39 Å². The maximum absolute atomic E-state index is 13.8. The van der Waals surface area contributed by atoms with Crippen LogP contribution in [0.1, 0.15) is 22.8 Å². The number of nitrogens with one attached hydrogen (secondary N) is 2. The normalized spacial score (nSPS) is 12.2. The van der Waals surface area contributed by atoms with Gasteiger partial charge in [-0.3, -0.25) is 9.59 Å². The molecule has 0 saturated carbocycles. The maximum atomic E-state index is 13.8. The molecule has 3 aromatic rings. The molecular formula is C23H17ClF4N2O2S. The number of alkyl halides is 3. The molecule has 0 bridgehead atoms. The molecule has 2 N–H and O–H groups in total. The zero-order valence-electron chi connectivity index (χ0n) is 17.0. The van der Waals surface area contributed by atoms with Crippen LogP contribution in [0.2, 0.25) is 5.02 Å². The number of halogens is 5. The van der Waals surface area contributed by atoms with Crippen LogP contribution in [0.3, 0.4) is 0 Å². The summed E-state index contributed by atoms with van der Waals surface area (Å²) in [5.74, 6) is -2.36. The van der Waals surface area contributed by atoms with E-state index in [1.807, 2.05) is 0 Å². The quantitative estimate of drug-likeness (QED) is 0.289. The van der Waals surface area contributed by atoms with Crippen LogP contribution in [-0.2, 0) is 11.0 Å². The Morgan fingerprint density at radius 1 is 0.970 bits per heavy atom. The maximum Gasteiger partial charge on any atom is 0.418 e. The van der Waals surface area contributed by atoms with Crippen LogP contribution in [0, 0.1) is 5.82 Å². The predicted octanol–water partition coefficient (Wildman–Crippen LogP) is 6.87. The molecule has 172 valence electrons. The van der Waals surface area contributed by atoms with Gasteiger partial charge in [0, 0.05) is 10.6 Å². The van der Waals surface area contributed by atoms with Crippen LogP contribution in [0.15, 0.2) is 71.6 Å². The molecule has 0 saturated heterocycles. The lowest BCUT2D eigenvalue weighted by molar-refractivity contribution is -0.136. The van der Waals surface area contributed by atoms with Gasteiger partial charge in [-0.2, -0.15) is 13.2 Å². The molecule has 0 aliphatic carbocycles. The third kappa shape index (κ3) is 6.27. The molecule has 0 radical (unpaired) electrons. The van der Waals surface area contributed by atoms with Crippen molar-refractivity contribution in [2.45, 2.75) is 23.2 Å². The number of rotatable bonds is 6. The summed E-state index contributed by atoms with van der Waals surface area (Å²) in [6, 6.07) is 14.8. The van der Waals surface area contributed by atoms with Gasteiger partial charge in [-0.1, -0.05) is 35.9 Å². The van der Waals surface area contributed by atoms with Crippen LogP contribution >= 0.6 is 23.4 Å². The van der Waals surface area contributed by atoms with Crippen LogP contribution in [-0.4, -0.2) is 17.1 Å². The van der Waals surface area contributed by atoms with E-state index >= 15 is 0 Å². The van der Waals surface area contributed by atoms with E-state index < -0.39 is 40.3 Å². The minimum atomic E-state index is -4.82. The van der Waals surface area contributed by atoms with E-state index in [2.05, 4.69) is 10.6 Å². The van der Waals surface area contributed by atoms with Gasteiger partial charge >= 0.3 is 6.18 Å². The van der Waals surface area contributed by atoms with Crippen molar-refractivity contribution in [3.8, 4) is 0 Å². The molecule has 0 fully saturated rings. The number of amides is 2. The second kappa shape index (κ2) is 10.3. The van der Waals surface area contributed by atoms with E-state index in [0.29, 0.717) is 16.0 Å². The molecule has 3 aromatic carbocycles. The van der Waals surface area contributed by atoms with Crippen molar-refractivity contribution in [1.29, 1.82) is 0 Å². The van der Waals surface area contributed by atoms with E-state index in [9.17, 15) is 27.2 Å². The van der Waals surface area contributed by atoms with E-state index in [1.165, 1.54) is 24.3 Å². The van der Waals surface area contributed by atoms with Crippen LogP contribution < -0.4 is 10.6 Å². The Morgan fingerprint density at radius 2 is 1.64 bits per heavy atom. The Bertz CT molecular complexity index is 1190. The second-order valence-electron chi connectivity index (χ2n) is 6.87. The number of carbonyl (C=O) groups is 2. The first-order valence-corrected chi connectivity index (χ1v) is 10.8. The summed E-state index contributed by atoms with van der Waals surface area (Å²) < 4.78 is 54.7. The van der Waals surface area contributed by atoms with Gasteiger partial charge in [0.15, 0.2) is 0 Å². The number of carbonyl (C=O) groups excluding carboxylic acids is 2. The highest BCUT2D eigenvalue weighted by atomic mass is 35.5. The van der Waals surface area contributed by atoms with E-state index in [4.69, 9.17) is 11.6 Å². The zero-order chi connectivity index (χ0) is 24.2. The largest absolute Gasteiger partial charge is 0.418 e. The first-order chi connectivity index (χ1) is 15.6. The molecule has 0 spiro atoms. The van der Waals surface area contributed by atoms with Gasteiger partial charge in [-0.15, -0.1) is 11.8 Å². The fraction of sp³-hybridized carbons (Fsp3) is 0.130. The van der Waals surface area contributed by atoms with Crippen molar-refractivity contribution in [2.75, 3.05) is 10.6 Å². The highest BCUT2D eigenvalue weighted by Gasteiger charge is 2.35. The summed E-state index contributed by atoms with van der Waals surface area (Å²) in [5.41, 5.74) is -2.14. The van der Waals surface area contributed by atoms with E-state index in [-0.39, 0.29) is 11.3 Å². The number of thioether (sulfide) groups is 1. The molecule has 0 aliphatic rings. The first-order valence-electron chi connectivity index (χ1n) is 9.55. The van der Waals surface area contributed by atoms with Crippen molar-refractivity contribution in [2.24, 2.45) is 0 Å². The summed E-state index contributed by atoms with van der Waals surface area (Å²) in [4.78, 5) is 25.4. The Morgan fingerprint density at radius 3 is 2.30 bits per heavy atom. The van der Waals surface area contributed by atoms with Gasteiger partial charge in [0.05, 0.1) is 27.1 Å². The lowest BCUT2D eigenvalue weighted by Gasteiger charge is -2.18. The minimum Gasteiger partial charge on any atom is -0.325 e. The summed E-state index contributed by atoms with van der Waals surface area (Å²) >= 11 is 7.18. The lowest BCUT2D eigenvalue weighted by atomic mass is 10.1.